The van der Waals surface area contributed by atoms with Gasteiger partial charge in [-0.25, -0.2) is 0 Å². The number of allylic oxidation sites excluding steroid dienone is 1. The van der Waals surface area contributed by atoms with Gasteiger partial charge >= 0.3 is 98.7 Å². The zero-order chi connectivity index (χ0) is 10.4. The molecule has 0 unspecified atom stereocenters. The Morgan fingerprint density at radius 3 is 2.38 bits per heavy atom. The average Bonchev–Trinajstić information content (AvgIpc) is 2.03. The molecule has 0 aliphatic rings. The molecule has 0 aliphatic heterocycles. The fraction of sp³-hybridized carbons (Fsp3) is 0.286. The minimum absolute atomic E-state index is 0.163. The van der Waals surface area contributed by atoms with E-state index in [4.69, 9.17) is 0 Å². The van der Waals surface area contributed by atoms with Gasteiger partial charge in [-0.05, 0) is 0 Å². The van der Waals surface area contributed by atoms with Crippen molar-refractivity contribution in [3.05, 3.63) is 11.6 Å². The number of aliphatic hydroxyl groups is 1. The van der Waals surface area contributed by atoms with Gasteiger partial charge in [-0.2, -0.15) is 0 Å². The molecule has 0 bridgehead atoms. The summed E-state index contributed by atoms with van der Waals surface area (Å²) in [5.74, 6) is -0.667. The zero-order valence-electron chi connectivity index (χ0n) is 7.14. The number of carbonyl (C=O) groups excluding carboxylic acids is 1. The summed E-state index contributed by atoms with van der Waals surface area (Å²) in [5, 5.41) is 9.38. The normalized spacial score (nSPS) is 12.5. The van der Waals surface area contributed by atoms with E-state index in [1.165, 1.54) is 6.08 Å². The van der Waals surface area contributed by atoms with Crippen molar-refractivity contribution in [2.45, 2.75) is 13.8 Å². The Morgan fingerprint density at radius 2 is 2.08 bits per heavy atom. The summed E-state index contributed by atoms with van der Waals surface area (Å²) in [5.41, 5.74) is 0.163. The Hall–Kier alpha value is -0.0734. The average molecular weight is 520 g/mol. The molecule has 0 aromatic heterocycles. The van der Waals surface area contributed by atoms with Crippen molar-refractivity contribution in [1.82, 2.24) is 0 Å². The first-order valence-corrected chi connectivity index (χ1v) is 6.13. The van der Waals surface area contributed by atoms with Crippen molar-refractivity contribution in [3.63, 3.8) is 0 Å². The van der Waals surface area contributed by atoms with Crippen LogP contribution in [-0.4, -0.2) is 20.9 Å². The molecule has 0 fully saturated rings. The van der Waals surface area contributed by atoms with Gasteiger partial charge < -0.3 is 0 Å². The fourth-order valence-corrected chi connectivity index (χ4v) is 1.27. The molecule has 70 valence electrons. The maximum atomic E-state index is 11.1. The number of hydrogen-bond donors (Lipinski definition) is 1. The predicted molar refractivity (Wildman–Crippen MR) is 41.9 cm³/mol. The van der Waals surface area contributed by atoms with Crippen molar-refractivity contribution >= 4 is 15.8 Å². The first kappa shape index (κ1) is 12.9. The second-order valence-corrected chi connectivity index (χ2v) is 4.83. The van der Waals surface area contributed by atoms with E-state index < -0.39 is 5.91 Å². The van der Waals surface area contributed by atoms with Gasteiger partial charge in [0.2, 0.25) is 0 Å². The molecule has 0 radical (unpaired) electrons. The van der Waals surface area contributed by atoms with Crippen LogP contribution < -0.4 is 0 Å². The van der Waals surface area contributed by atoms with Crippen molar-refractivity contribution in [3.8, 4) is 0 Å². The molecule has 13 heavy (non-hydrogen) atoms. The zero-order valence-corrected chi connectivity index (χ0v) is 13.0. The fourth-order valence-electron chi connectivity index (χ4n) is 0.607. The third-order valence-corrected chi connectivity index (χ3v) is 2.03. The van der Waals surface area contributed by atoms with Crippen molar-refractivity contribution in [1.29, 1.82) is 0 Å². The van der Waals surface area contributed by atoms with Crippen LogP contribution in [0.2, 0.25) is 0 Å². The predicted octanol–water partition coefficient (Wildman–Crippen LogP) is 0.843. The summed E-state index contributed by atoms with van der Waals surface area (Å²) in [6.45, 7) is 3.44. The molecule has 0 rings (SSSR count). The molecule has 0 saturated carbocycles. The standard InChI is InChI=1S/C7H8N2O2.2W/c1-3-5(6(8)10)7(11)9-4-2;;/h3,11H,1-2H3;;. The molecule has 0 spiro atoms. The third-order valence-electron chi connectivity index (χ3n) is 1.11. The molecule has 0 aromatic rings. The Labute approximate surface area is 98.3 Å². The Bertz CT molecular complexity index is 308. The van der Waals surface area contributed by atoms with Crippen LogP contribution >= 0.6 is 0 Å². The first-order chi connectivity index (χ1) is 6.02. The molecular formula is C7H8N2O2W2. The first-order valence-electron chi connectivity index (χ1n) is 3.35. The van der Waals surface area contributed by atoms with E-state index in [2.05, 4.69) is 8.49 Å². The molecule has 6 heteroatoms. The molecule has 0 heterocycles. The van der Waals surface area contributed by atoms with Crippen LogP contribution in [0.25, 0.3) is 0 Å². The Balaban J connectivity index is 4.92. The van der Waals surface area contributed by atoms with Gasteiger partial charge in [0, 0.05) is 0 Å². The van der Waals surface area contributed by atoms with Crippen molar-refractivity contribution in [2.75, 3.05) is 0 Å². The molecular weight excluding hydrogens is 512 g/mol. The van der Waals surface area contributed by atoms with Gasteiger partial charge in [-0.1, -0.05) is 0 Å². The van der Waals surface area contributed by atoms with E-state index in [0.717, 1.165) is 43.0 Å². The summed E-state index contributed by atoms with van der Waals surface area (Å²) >= 11 is 1.97. The van der Waals surface area contributed by atoms with Crippen LogP contribution in [0.1, 0.15) is 13.8 Å². The monoisotopic (exact) mass is 520 g/mol. The Kier molecular flexibility index (Phi) is 6.35. The van der Waals surface area contributed by atoms with E-state index in [-0.39, 0.29) is 11.5 Å². The van der Waals surface area contributed by atoms with Crippen LogP contribution in [0.4, 0.5) is 0 Å². The Morgan fingerprint density at radius 1 is 1.54 bits per heavy atom. The molecule has 0 saturated heterocycles. The van der Waals surface area contributed by atoms with Crippen LogP contribution in [-0.2, 0) is 43.8 Å². The number of aliphatic imine (C=N–C) groups is 1. The van der Waals surface area contributed by atoms with Crippen LogP contribution in [0.5, 0.6) is 0 Å². The van der Waals surface area contributed by atoms with E-state index in [1.807, 2.05) is 0 Å². The van der Waals surface area contributed by atoms with Gasteiger partial charge in [0.05, 0.1) is 0 Å². The molecule has 4 nitrogen and oxygen atoms in total. The molecule has 1 amide bonds. The molecule has 1 N–H and O–H groups in total. The third kappa shape index (κ3) is 4.63. The van der Waals surface area contributed by atoms with Gasteiger partial charge in [-0.3, -0.25) is 0 Å². The summed E-state index contributed by atoms with van der Waals surface area (Å²) in [7, 11) is 0. The van der Waals surface area contributed by atoms with E-state index in [9.17, 15) is 9.90 Å². The van der Waals surface area contributed by atoms with Crippen LogP contribution in [0, 0.1) is 0 Å². The maximum absolute atomic E-state index is 11.1. The van der Waals surface area contributed by atoms with E-state index in [1.54, 1.807) is 13.8 Å². The second-order valence-electron chi connectivity index (χ2n) is 2.05. The number of amides is 1. The minimum atomic E-state index is -0.421. The van der Waals surface area contributed by atoms with Crippen molar-refractivity contribution < 1.29 is 48.9 Å². The number of hydrogen-bond acceptors (Lipinski definition) is 2. The SMILES string of the molecule is CC=C(C(=O)[N]=[W])C(O)=N[C](C)=[W]. The van der Waals surface area contributed by atoms with Gasteiger partial charge in [0.25, 0.3) is 0 Å². The van der Waals surface area contributed by atoms with E-state index in [0.29, 0.717) is 0 Å². The number of aliphatic hydroxyl groups excluding tert-OH is 1. The summed E-state index contributed by atoms with van der Waals surface area (Å²) in [6.07, 6.45) is 1.51. The van der Waals surface area contributed by atoms with Crippen LogP contribution in [0.15, 0.2) is 20.1 Å². The second kappa shape index (κ2) is 6.39. The quantitative estimate of drug-likeness (QED) is 0.341. The number of rotatable bonds is 3. The number of carbonyl (C=O) groups is 1. The van der Waals surface area contributed by atoms with E-state index >= 15 is 0 Å². The van der Waals surface area contributed by atoms with Gasteiger partial charge in [-0.15, -0.1) is 0 Å². The topological polar surface area (TPSA) is 62.0 Å². The summed E-state index contributed by atoms with van der Waals surface area (Å²) in [4.78, 5) is 14.9. The molecule has 0 atom stereocenters. The van der Waals surface area contributed by atoms with Crippen LogP contribution in [0.3, 0.4) is 0 Å². The summed E-state index contributed by atoms with van der Waals surface area (Å²) in [6, 6.07) is 0. The summed E-state index contributed by atoms with van der Waals surface area (Å²) < 4.78 is 4.29. The van der Waals surface area contributed by atoms with Gasteiger partial charge in [0.15, 0.2) is 0 Å². The molecule has 0 aliphatic carbocycles. The molecule has 0 aromatic carbocycles. The van der Waals surface area contributed by atoms with Gasteiger partial charge in [0.1, 0.15) is 0 Å². The van der Waals surface area contributed by atoms with Crippen molar-refractivity contribution in [2.24, 2.45) is 8.49 Å². The number of nitrogens with zero attached hydrogens (tertiary/aromatic N) is 2.